The first-order valence-corrected chi connectivity index (χ1v) is 7.63. The number of morpholine rings is 1. The Balaban J connectivity index is 2.15. The number of pyridine rings is 1. The van der Waals surface area contributed by atoms with Crippen molar-refractivity contribution in [2.75, 3.05) is 31.2 Å². The van der Waals surface area contributed by atoms with E-state index < -0.39 is 0 Å². The average molecular weight is 277 g/mol. The van der Waals surface area contributed by atoms with E-state index in [1.165, 1.54) is 5.69 Å². The SMILES string of the molecule is CCNC(CC)c1ccc(N2CCOCC2(C)C)cn1. The zero-order valence-electron chi connectivity index (χ0n) is 13.1. The minimum absolute atomic E-state index is 0.0350. The smallest absolute Gasteiger partial charge is 0.0694 e. The minimum atomic E-state index is 0.0350. The van der Waals surface area contributed by atoms with Gasteiger partial charge in [-0.2, -0.15) is 0 Å². The van der Waals surface area contributed by atoms with Crippen molar-refractivity contribution in [3.8, 4) is 0 Å². The fourth-order valence-electron chi connectivity index (χ4n) is 2.80. The summed E-state index contributed by atoms with van der Waals surface area (Å²) in [4.78, 5) is 7.05. The molecule has 20 heavy (non-hydrogen) atoms. The van der Waals surface area contributed by atoms with Gasteiger partial charge in [-0.3, -0.25) is 4.98 Å². The molecule has 2 heterocycles. The first-order valence-electron chi connectivity index (χ1n) is 7.63. The Kier molecular flexibility index (Phi) is 5.00. The predicted molar refractivity (Wildman–Crippen MR) is 83.2 cm³/mol. The topological polar surface area (TPSA) is 37.4 Å². The van der Waals surface area contributed by atoms with Crippen LogP contribution in [0.15, 0.2) is 18.3 Å². The van der Waals surface area contributed by atoms with E-state index >= 15 is 0 Å². The third kappa shape index (κ3) is 3.30. The molecule has 1 aliphatic heterocycles. The van der Waals surface area contributed by atoms with Crippen molar-refractivity contribution in [3.05, 3.63) is 24.0 Å². The van der Waals surface area contributed by atoms with E-state index in [4.69, 9.17) is 4.74 Å². The van der Waals surface area contributed by atoms with Gasteiger partial charge in [0.15, 0.2) is 0 Å². The maximum atomic E-state index is 5.58. The highest BCUT2D eigenvalue weighted by Crippen LogP contribution is 2.27. The van der Waals surface area contributed by atoms with Gasteiger partial charge in [-0.05, 0) is 38.9 Å². The Morgan fingerprint density at radius 3 is 2.75 bits per heavy atom. The zero-order valence-corrected chi connectivity index (χ0v) is 13.1. The van der Waals surface area contributed by atoms with Crippen molar-refractivity contribution in [2.24, 2.45) is 0 Å². The Labute approximate surface area is 122 Å². The first kappa shape index (κ1) is 15.3. The molecule has 1 fully saturated rings. The van der Waals surface area contributed by atoms with Gasteiger partial charge >= 0.3 is 0 Å². The molecule has 1 aromatic rings. The molecule has 0 bridgehead atoms. The highest BCUT2D eigenvalue weighted by Gasteiger charge is 2.30. The lowest BCUT2D eigenvalue weighted by Crippen LogP contribution is -2.53. The van der Waals surface area contributed by atoms with Crippen LogP contribution >= 0.6 is 0 Å². The van der Waals surface area contributed by atoms with Crippen molar-refractivity contribution < 1.29 is 4.74 Å². The molecule has 2 rings (SSSR count). The number of hydrogen-bond acceptors (Lipinski definition) is 4. The van der Waals surface area contributed by atoms with E-state index in [1.807, 2.05) is 6.20 Å². The van der Waals surface area contributed by atoms with Gasteiger partial charge in [-0.25, -0.2) is 0 Å². The van der Waals surface area contributed by atoms with Crippen molar-refractivity contribution in [2.45, 2.75) is 45.7 Å². The third-order valence-corrected chi connectivity index (χ3v) is 3.94. The Morgan fingerprint density at radius 2 is 2.20 bits per heavy atom. The zero-order chi connectivity index (χ0) is 14.6. The highest BCUT2D eigenvalue weighted by atomic mass is 16.5. The first-order chi connectivity index (χ1) is 9.58. The van der Waals surface area contributed by atoms with Crippen LogP contribution in [0.5, 0.6) is 0 Å². The molecule has 4 nitrogen and oxygen atoms in total. The third-order valence-electron chi connectivity index (χ3n) is 3.94. The lowest BCUT2D eigenvalue weighted by Gasteiger charge is -2.43. The van der Waals surface area contributed by atoms with Gasteiger partial charge in [0, 0.05) is 12.6 Å². The summed E-state index contributed by atoms with van der Waals surface area (Å²) in [6.07, 6.45) is 3.06. The van der Waals surface area contributed by atoms with Crippen LogP contribution in [0, 0.1) is 0 Å². The average Bonchev–Trinajstić information content (AvgIpc) is 2.45. The van der Waals surface area contributed by atoms with Crippen molar-refractivity contribution >= 4 is 5.69 Å². The lowest BCUT2D eigenvalue weighted by atomic mass is 10.0. The second kappa shape index (κ2) is 6.55. The van der Waals surface area contributed by atoms with E-state index in [1.54, 1.807) is 0 Å². The van der Waals surface area contributed by atoms with E-state index in [0.29, 0.717) is 6.04 Å². The molecule has 0 radical (unpaired) electrons. The summed E-state index contributed by atoms with van der Waals surface area (Å²) in [5.74, 6) is 0. The summed E-state index contributed by atoms with van der Waals surface area (Å²) in [5, 5.41) is 3.47. The van der Waals surface area contributed by atoms with Crippen LogP contribution in [0.3, 0.4) is 0 Å². The molecule has 0 spiro atoms. The van der Waals surface area contributed by atoms with E-state index in [9.17, 15) is 0 Å². The maximum absolute atomic E-state index is 5.58. The molecule has 1 aromatic heterocycles. The van der Waals surface area contributed by atoms with Gasteiger partial charge in [-0.15, -0.1) is 0 Å². The fourth-order valence-corrected chi connectivity index (χ4v) is 2.80. The summed E-state index contributed by atoms with van der Waals surface area (Å²) in [6.45, 7) is 12.2. The second-order valence-electron chi connectivity index (χ2n) is 5.98. The summed E-state index contributed by atoms with van der Waals surface area (Å²) in [5.41, 5.74) is 2.35. The maximum Gasteiger partial charge on any atom is 0.0694 e. The van der Waals surface area contributed by atoms with Crippen LogP contribution in [0.1, 0.15) is 45.9 Å². The summed E-state index contributed by atoms with van der Waals surface area (Å²) in [7, 11) is 0. The van der Waals surface area contributed by atoms with Crippen LogP contribution in [-0.4, -0.2) is 36.8 Å². The molecular formula is C16H27N3O. The molecule has 4 heteroatoms. The van der Waals surface area contributed by atoms with Crippen molar-refractivity contribution in [1.82, 2.24) is 10.3 Å². The number of anilines is 1. The van der Waals surface area contributed by atoms with Crippen molar-refractivity contribution in [3.63, 3.8) is 0 Å². The Hall–Kier alpha value is -1.13. The standard InChI is InChI=1S/C16H27N3O/c1-5-14(17-6-2)15-8-7-13(11-18-15)19-9-10-20-12-16(19,3)4/h7-8,11,14,17H,5-6,9-10,12H2,1-4H3. The normalized spacial score (nSPS) is 19.9. The number of hydrogen-bond donors (Lipinski definition) is 1. The van der Waals surface area contributed by atoms with Crippen LogP contribution < -0.4 is 10.2 Å². The van der Waals surface area contributed by atoms with Crippen LogP contribution in [-0.2, 0) is 4.74 Å². The predicted octanol–water partition coefficient (Wildman–Crippen LogP) is 2.76. The molecule has 0 aromatic carbocycles. The quantitative estimate of drug-likeness (QED) is 0.898. The van der Waals surface area contributed by atoms with Crippen LogP contribution in [0.4, 0.5) is 5.69 Å². The van der Waals surface area contributed by atoms with Gasteiger partial charge in [0.2, 0.25) is 0 Å². The van der Waals surface area contributed by atoms with Gasteiger partial charge in [0.25, 0.3) is 0 Å². The van der Waals surface area contributed by atoms with Gasteiger partial charge in [-0.1, -0.05) is 13.8 Å². The number of aromatic nitrogens is 1. The summed E-state index contributed by atoms with van der Waals surface area (Å²) >= 11 is 0. The molecule has 112 valence electrons. The largest absolute Gasteiger partial charge is 0.377 e. The highest BCUT2D eigenvalue weighted by molar-refractivity contribution is 5.48. The number of ether oxygens (including phenoxy) is 1. The van der Waals surface area contributed by atoms with Crippen LogP contribution in [0.2, 0.25) is 0 Å². The molecule has 1 aliphatic rings. The molecule has 0 saturated carbocycles. The molecule has 0 amide bonds. The van der Waals surface area contributed by atoms with E-state index in [-0.39, 0.29) is 5.54 Å². The Bertz CT molecular complexity index is 416. The van der Waals surface area contributed by atoms with E-state index in [0.717, 1.165) is 38.4 Å². The monoisotopic (exact) mass is 277 g/mol. The number of nitrogens with zero attached hydrogens (tertiary/aromatic N) is 2. The Morgan fingerprint density at radius 1 is 1.40 bits per heavy atom. The fraction of sp³-hybridized carbons (Fsp3) is 0.688. The molecule has 1 unspecified atom stereocenters. The number of rotatable bonds is 5. The minimum Gasteiger partial charge on any atom is -0.377 e. The molecule has 1 saturated heterocycles. The van der Waals surface area contributed by atoms with Gasteiger partial charge in [0.05, 0.1) is 36.3 Å². The van der Waals surface area contributed by atoms with E-state index in [2.05, 4.69) is 55.0 Å². The second-order valence-corrected chi connectivity index (χ2v) is 5.98. The summed E-state index contributed by atoms with van der Waals surface area (Å²) in [6, 6.07) is 4.69. The lowest BCUT2D eigenvalue weighted by molar-refractivity contribution is 0.0643. The molecule has 1 atom stereocenters. The van der Waals surface area contributed by atoms with Gasteiger partial charge < -0.3 is 15.0 Å². The molecule has 0 aliphatic carbocycles. The molecular weight excluding hydrogens is 250 g/mol. The van der Waals surface area contributed by atoms with Crippen molar-refractivity contribution in [1.29, 1.82) is 0 Å². The number of nitrogens with one attached hydrogen (secondary N) is 1. The molecule has 1 N–H and O–H groups in total. The summed E-state index contributed by atoms with van der Waals surface area (Å²) < 4.78 is 5.58. The van der Waals surface area contributed by atoms with Crippen LogP contribution in [0.25, 0.3) is 0 Å². The van der Waals surface area contributed by atoms with Gasteiger partial charge in [0.1, 0.15) is 0 Å².